The highest BCUT2D eigenvalue weighted by molar-refractivity contribution is 7.90. The third kappa shape index (κ3) is 4.05. The zero-order valence-electron chi connectivity index (χ0n) is 16.2. The lowest BCUT2D eigenvalue weighted by Crippen LogP contribution is -2.45. The van der Waals surface area contributed by atoms with Crippen molar-refractivity contribution in [3.63, 3.8) is 0 Å². The number of hydrogen-bond acceptors (Lipinski definition) is 4. The maximum atomic E-state index is 13.5. The van der Waals surface area contributed by atoms with Gasteiger partial charge in [-0.15, -0.1) is 0 Å². The average molecular weight is 436 g/mol. The van der Waals surface area contributed by atoms with Crippen LogP contribution in [0.3, 0.4) is 0 Å². The molecule has 2 aromatic carbocycles. The van der Waals surface area contributed by atoms with Gasteiger partial charge in [0, 0.05) is 49.3 Å². The molecular formula is C21H23ClFN3O2S. The van der Waals surface area contributed by atoms with Gasteiger partial charge in [0.15, 0.2) is 0 Å². The number of halogens is 2. The fraction of sp³-hybridized carbons (Fsp3) is 0.333. The number of hydrogen-bond donors (Lipinski definition) is 0. The molecule has 154 valence electrons. The van der Waals surface area contributed by atoms with Gasteiger partial charge in [0.2, 0.25) is 0 Å². The summed E-state index contributed by atoms with van der Waals surface area (Å²) in [6.07, 6.45) is 1.46. The first-order valence-corrected chi connectivity index (χ1v) is 11.5. The summed E-state index contributed by atoms with van der Waals surface area (Å²) in [5.74, 6) is -0.399. The fourth-order valence-corrected chi connectivity index (χ4v) is 5.33. The number of benzene rings is 2. The molecule has 1 aliphatic heterocycles. The molecule has 0 saturated carbocycles. The van der Waals surface area contributed by atoms with Crippen LogP contribution in [0.4, 0.5) is 4.39 Å². The van der Waals surface area contributed by atoms with Gasteiger partial charge in [0.05, 0.1) is 10.4 Å². The highest BCUT2D eigenvalue weighted by Crippen LogP contribution is 2.27. The Morgan fingerprint density at radius 3 is 2.45 bits per heavy atom. The summed E-state index contributed by atoms with van der Waals surface area (Å²) >= 11 is 6.38. The third-order valence-corrected chi connectivity index (χ3v) is 7.55. The van der Waals surface area contributed by atoms with Gasteiger partial charge in [0.1, 0.15) is 5.82 Å². The van der Waals surface area contributed by atoms with Crippen molar-refractivity contribution in [3.8, 4) is 0 Å². The number of rotatable bonds is 5. The molecule has 1 fully saturated rings. The van der Waals surface area contributed by atoms with E-state index in [1.807, 2.05) is 0 Å². The first-order valence-electron chi connectivity index (χ1n) is 9.64. The second-order valence-electron chi connectivity index (χ2n) is 7.28. The molecule has 8 heteroatoms. The zero-order chi connectivity index (χ0) is 20.6. The SMILES string of the molecule is CCN1CCN(Cc2cc(S(=O)(=O)n3ccc4cc(F)ccc43)ccc2Cl)CC1. The van der Waals surface area contributed by atoms with Crippen LogP contribution in [-0.2, 0) is 16.6 Å². The Balaban J connectivity index is 1.63. The highest BCUT2D eigenvalue weighted by atomic mass is 35.5. The molecule has 0 aliphatic carbocycles. The van der Waals surface area contributed by atoms with Gasteiger partial charge in [-0.1, -0.05) is 18.5 Å². The standard InChI is InChI=1S/C21H23ClFN3O2S/c1-2-24-9-11-25(12-10-24)15-17-14-19(4-5-20(17)22)29(27,28)26-8-7-16-13-18(23)3-6-21(16)26/h3-8,13-14H,2,9-12,15H2,1H3. The van der Waals surface area contributed by atoms with Crippen molar-refractivity contribution in [2.75, 3.05) is 32.7 Å². The Bertz CT molecular complexity index is 1140. The second kappa shape index (κ2) is 8.07. The Morgan fingerprint density at radius 2 is 1.72 bits per heavy atom. The lowest BCUT2D eigenvalue weighted by atomic mass is 10.2. The number of piperazine rings is 1. The van der Waals surface area contributed by atoms with E-state index in [1.54, 1.807) is 18.2 Å². The van der Waals surface area contributed by atoms with E-state index >= 15 is 0 Å². The Hall–Kier alpha value is -1.93. The van der Waals surface area contributed by atoms with Gasteiger partial charge in [-0.2, -0.15) is 0 Å². The molecule has 5 nitrogen and oxygen atoms in total. The predicted octanol–water partition coefficient (Wildman–Crippen LogP) is 3.81. The molecule has 1 saturated heterocycles. The van der Waals surface area contributed by atoms with E-state index in [2.05, 4.69) is 16.7 Å². The van der Waals surface area contributed by atoms with Gasteiger partial charge in [-0.25, -0.2) is 16.8 Å². The Morgan fingerprint density at radius 1 is 1.00 bits per heavy atom. The summed E-state index contributed by atoms with van der Waals surface area (Å²) in [5.41, 5.74) is 1.23. The quantitative estimate of drug-likeness (QED) is 0.611. The molecule has 0 unspecified atom stereocenters. The molecule has 0 N–H and O–H groups in total. The number of nitrogens with zero attached hydrogens (tertiary/aromatic N) is 3. The van der Waals surface area contributed by atoms with E-state index in [1.165, 1.54) is 34.4 Å². The van der Waals surface area contributed by atoms with Gasteiger partial charge >= 0.3 is 0 Å². The minimum absolute atomic E-state index is 0.172. The van der Waals surface area contributed by atoms with Crippen molar-refractivity contribution in [3.05, 3.63) is 65.1 Å². The number of fused-ring (bicyclic) bond motifs is 1. The van der Waals surface area contributed by atoms with Gasteiger partial charge in [-0.05, 0) is 54.6 Å². The minimum atomic E-state index is -3.82. The Kier molecular flexibility index (Phi) is 5.66. The van der Waals surface area contributed by atoms with E-state index in [4.69, 9.17) is 11.6 Å². The molecule has 1 aliphatic rings. The average Bonchev–Trinajstić information content (AvgIpc) is 3.14. The molecule has 0 atom stereocenters. The van der Waals surface area contributed by atoms with Crippen molar-refractivity contribution in [2.45, 2.75) is 18.4 Å². The van der Waals surface area contributed by atoms with Gasteiger partial charge in [-0.3, -0.25) is 4.90 Å². The molecular weight excluding hydrogens is 413 g/mol. The summed E-state index contributed by atoms with van der Waals surface area (Å²) in [5, 5.41) is 1.10. The van der Waals surface area contributed by atoms with Gasteiger partial charge < -0.3 is 4.90 Å². The number of likely N-dealkylation sites (N-methyl/N-ethyl adjacent to an activating group) is 1. The molecule has 0 spiro atoms. The van der Waals surface area contributed by atoms with E-state index in [0.29, 0.717) is 22.5 Å². The van der Waals surface area contributed by atoms with Crippen molar-refractivity contribution in [1.29, 1.82) is 0 Å². The summed E-state index contributed by atoms with van der Waals surface area (Å²) < 4.78 is 41.1. The largest absolute Gasteiger partial charge is 0.301 e. The molecule has 29 heavy (non-hydrogen) atoms. The first-order chi connectivity index (χ1) is 13.9. The van der Waals surface area contributed by atoms with Crippen LogP contribution in [-0.4, -0.2) is 54.9 Å². The van der Waals surface area contributed by atoms with Crippen molar-refractivity contribution in [1.82, 2.24) is 13.8 Å². The summed E-state index contributed by atoms with van der Waals surface area (Å²) in [7, 11) is -3.82. The van der Waals surface area contributed by atoms with Crippen LogP contribution in [0.25, 0.3) is 10.9 Å². The normalized spacial score (nSPS) is 16.5. The van der Waals surface area contributed by atoms with E-state index in [9.17, 15) is 12.8 Å². The van der Waals surface area contributed by atoms with E-state index in [-0.39, 0.29) is 4.90 Å². The van der Waals surface area contributed by atoms with Crippen LogP contribution in [0.2, 0.25) is 5.02 Å². The van der Waals surface area contributed by atoms with E-state index < -0.39 is 15.8 Å². The molecule has 2 heterocycles. The molecule has 0 radical (unpaired) electrons. The maximum Gasteiger partial charge on any atom is 0.268 e. The van der Waals surface area contributed by atoms with Crippen LogP contribution >= 0.6 is 11.6 Å². The smallest absolute Gasteiger partial charge is 0.268 e. The van der Waals surface area contributed by atoms with Crippen LogP contribution in [0.15, 0.2) is 53.6 Å². The predicted molar refractivity (Wildman–Crippen MR) is 113 cm³/mol. The molecule has 0 bridgehead atoms. The number of aromatic nitrogens is 1. The maximum absolute atomic E-state index is 13.5. The molecule has 0 amide bonds. The molecule has 4 rings (SSSR count). The van der Waals surface area contributed by atoms with Crippen LogP contribution in [0.5, 0.6) is 0 Å². The van der Waals surface area contributed by atoms with Crippen LogP contribution < -0.4 is 0 Å². The topological polar surface area (TPSA) is 45.6 Å². The lowest BCUT2D eigenvalue weighted by Gasteiger charge is -2.34. The monoisotopic (exact) mass is 435 g/mol. The van der Waals surface area contributed by atoms with Gasteiger partial charge in [0.25, 0.3) is 10.0 Å². The molecule has 3 aromatic rings. The van der Waals surface area contributed by atoms with Crippen LogP contribution in [0, 0.1) is 5.82 Å². The first kappa shape index (κ1) is 20.3. The lowest BCUT2D eigenvalue weighted by molar-refractivity contribution is 0.132. The zero-order valence-corrected chi connectivity index (χ0v) is 17.8. The van der Waals surface area contributed by atoms with Crippen LogP contribution in [0.1, 0.15) is 12.5 Å². The third-order valence-electron chi connectivity index (χ3n) is 5.50. The second-order valence-corrected chi connectivity index (χ2v) is 9.51. The van der Waals surface area contributed by atoms with Crippen molar-refractivity contribution >= 4 is 32.5 Å². The van der Waals surface area contributed by atoms with Crippen molar-refractivity contribution < 1.29 is 12.8 Å². The highest BCUT2D eigenvalue weighted by Gasteiger charge is 2.22. The molecule has 1 aromatic heterocycles. The summed E-state index contributed by atoms with van der Waals surface area (Å²) in [6, 6.07) is 10.5. The van der Waals surface area contributed by atoms with E-state index in [0.717, 1.165) is 38.3 Å². The Labute approximate surface area is 175 Å². The van der Waals surface area contributed by atoms with Crippen molar-refractivity contribution in [2.24, 2.45) is 0 Å². The minimum Gasteiger partial charge on any atom is -0.301 e. The summed E-state index contributed by atoms with van der Waals surface area (Å²) in [6.45, 7) is 7.65. The summed E-state index contributed by atoms with van der Waals surface area (Å²) in [4.78, 5) is 4.85. The fourth-order valence-electron chi connectivity index (χ4n) is 3.75.